The lowest BCUT2D eigenvalue weighted by atomic mass is 10.1. The van der Waals surface area contributed by atoms with Gasteiger partial charge in [-0.2, -0.15) is 0 Å². The van der Waals surface area contributed by atoms with Gasteiger partial charge in [0.25, 0.3) is 0 Å². The Labute approximate surface area is 85.4 Å². The summed E-state index contributed by atoms with van der Waals surface area (Å²) >= 11 is 0. The number of carboxylic acids is 1. The topological polar surface area (TPSA) is 72.5 Å². The van der Waals surface area contributed by atoms with Crippen LogP contribution in [0.5, 0.6) is 0 Å². The Bertz CT molecular complexity index is 171. The Kier molecular flexibility index (Phi) is 6.49. The fourth-order valence-corrected chi connectivity index (χ4v) is 1.25. The van der Waals surface area contributed by atoms with Gasteiger partial charge in [0.2, 0.25) is 0 Å². The highest BCUT2D eigenvalue weighted by molar-refractivity contribution is 5.72. The molecular formula is C10H21NO3. The number of hydrogen-bond acceptors (Lipinski definition) is 3. The minimum Gasteiger partial charge on any atom is -0.480 e. The van der Waals surface area contributed by atoms with Crippen LogP contribution in [0.3, 0.4) is 0 Å². The van der Waals surface area contributed by atoms with Crippen molar-refractivity contribution in [2.45, 2.75) is 45.8 Å². The van der Waals surface area contributed by atoms with Crippen LogP contribution in [0.15, 0.2) is 0 Å². The minimum atomic E-state index is -0.967. The van der Waals surface area contributed by atoms with E-state index in [1.807, 2.05) is 6.92 Å². The van der Waals surface area contributed by atoms with Crippen molar-refractivity contribution in [1.82, 2.24) is 0 Å². The third kappa shape index (κ3) is 6.86. The van der Waals surface area contributed by atoms with Crippen LogP contribution in [0.2, 0.25) is 0 Å². The molecule has 4 nitrogen and oxygen atoms in total. The summed E-state index contributed by atoms with van der Waals surface area (Å²) in [6.45, 7) is 6.67. The van der Waals surface area contributed by atoms with Crippen molar-refractivity contribution >= 4 is 5.97 Å². The summed E-state index contributed by atoms with van der Waals surface area (Å²) in [7, 11) is 0. The van der Waals surface area contributed by atoms with Crippen molar-refractivity contribution in [1.29, 1.82) is 0 Å². The van der Waals surface area contributed by atoms with E-state index in [0.717, 1.165) is 6.42 Å². The first-order valence-electron chi connectivity index (χ1n) is 5.03. The lowest BCUT2D eigenvalue weighted by Crippen LogP contribution is -2.31. The molecule has 0 aliphatic heterocycles. The molecule has 0 aliphatic carbocycles. The highest BCUT2D eigenvalue weighted by Crippen LogP contribution is 2.07. The molecule has 0 spiro atoms. The number of aliphatic carboxylic acids is 1. The zero-order chi connectivity index (χ0) is 11.1. The van der Waals surface area contributed by atoms with E-state index in [2.05, 4.69) is 13.8 Å². The van der Waals surface area contributed by atoms with Gasteiger partial charge >= 0.3 is 5.97 Å². The van der Waals surface area contributed by atoms with Gasteiger partial charge in [0.05, 0.1) is 6.10 Å². The second-order valence-electron chi connectivity index (χ2n) is 4.04. The van der Waals surface area contributed by atoms with Crippen LogP contribution in [0, 0.1) is 5.92 Å². The van der Waals surface area contributed by atoms with E-state index in [4.69, 9.17) is 15.6 Å². The first-order valence-corrected chi connectivity index (χ1v) is 5.03. The van der Waals surface area contributed by atoms with E-state index in [1.54, 1.807) is 0 Å². The number of carbonyl (C=O) groups is 1. The number of hydrogen-bond donors (Lipinski definition) is 2. The van der Waals surface area contributed by atoms with Gasteiger partial charge in [-0.1, -0.05) is 13.8 Å². The molecule has 3 N–H and O–H groups in total. The monoisotopic (exact) mass is 203 g/mol. The van der Waals surface area contributed by atoms with Crippen LogP contribution in [0.1, 0.15) is 33.6 Å². The molecule has 0 aromatic heterocycles. The number of carboxylic acid groups (broad SMARTS) is 1. The minimum absolute atomic E-state index is 0.177. The summed E-state index contributed by atoms with van der Waals surface area (Å²) in [4.78, 5) is 10.4. The zero-order valence-corrected chi connectivity index (χ0v) is 9.19. The molecule has 0 amide bonds. The smallest absolute Gasteiger partial charge is 0.320 e. The normalized spacial score (nSPS) is 15.5. The van der Waals surface area contributed by atoms with E-state index in [1.165, 1.54) is 0 Å². The van der Waals surface area contributed by atoms with E-state index < -0.39 is 12.0 Å². The van der Waals surface area contributed by atoms with Gasteiger partial charge < -0.3 is 15.6 Å². The molecule has 0 rings (SSSR count). The molecule has 0 aliphatic rings. The van der Waals surface area contributed by atoms with Crippen molar-refractivity contribution < 1.29 is 14.6 Å². The van der Waals surface area contributed by atoms with Gasteiger partial charge in [-0.15, -0.1) is 0 Å². The maximum atomic E-state index is 10.4. The largest absolute Gasteiger partial charge is 0.480 e. The van der Waals surface area contributed by atoms with Crippen LogP contribution in [-0.4, -0.2) is 29.8 Å². The summed E-state index contributed by atoms with van der Waals surface area (Å²) in [5.74, 6) is -0.372. The molecule has 0 fully saturated rings. The number of nitrogens with two attached hydrogens (primary N) is 1. The fraction of sp³-hybridized carbons (Fsp3) is 0.900. The summed E-state index contributed by atoms with van der Waals surface area (Å²) in [5.41, 5.74) is 5.32. The van der Waals surface area contributed by atoms with Crippen LogP contribution < -0.4 is 5.73 Å². The van der Waals surface area contributed by atoms with E-state index >= 15 is 0 Å². The maximum Gasteiger partial charge on any atom is 0.320 e. The maximum absolute atomic E-state index is 10.4. The zero-order valence-electron chi connectivity index (χ0n) is 9.19. The van der Waals surface area contributed by atoms with Crippen molar-refractivity contribution in [2.75, 3.05) is 6.61 Å². The molecule has 0 radical (unpaired) electrons. The summed E-state index contributed by atoms with van der Waals surface area (Å²) in [5, 5.41) is 8.51. The van der Waals surface area contributed by atoms with E-state index in [-0.39, 0.29) is 6.10 Å². The van der Waals surface area contributed by atoms with Crippen molar-refractivity contribution in [2.24, 2.45) is 11.7 Å². The summed E-state index contributed by atoms with van der Waals surface area (Å²) in [6, 6.07) is -0.804. The molecule has 0 saturated carbocycles. The Balaban J connectivity index is 3.48. The van der Waals surface area contributed by atoms with Crippen molar-refractivity contribution in [3.63, 3.8) is 0 Å². The summed E-state index contributed by atoms with van der Waals surface area (Å²) in [6.07, 6.45) is 1.54. The first-order chi connectivity index (χ1) is 6.43. The van der Waals surface area contributed by atoms with Crippen molar-refractivity contribution in [3.05, 3.63) is 0 Å². The van der Waals surface area contributed by atoms with Crippen LogP contribution in [0.25, 0.3) is 0 Å². The summed E-state index contributed by atoms with van der Waals surface area (Å²) < 4.78 is 5.43. The number of rotatable bonds is 7. The first kappa shape index (κ1) is 13.4. The highest BCUT2D eigenvalue weighted by atomic mass is 16.5. The molecule has 4 heteroatoms. The predicted molar refractivity (Wildman–Crippen MR) is 55.1 cm³/mol. The average molecular weight is 203 g/mol. The number of ether oxygens (including phenoxy) is 1. The molecule has 0 saturated heterocycles. The third-order valence-electron chi connectivity index (χ3n) is 1.95. The van der Waals surface area contributed by atoms with Gasteiger partial charge in [0.1, 0.15) is 6.04 Å². The molecule has 2 unspecified atom stereocenters. The van der Waals surface area contributed by atoms with Crippen molar-refractivity contribution in [3.8, 4) is 0 Å². The Hall–Kier alpha value is -0.610. The quantitative estimate of drug-likeness (QED) is 0.653. The Morgan fingerprint density at radius 3 is 2.43 bits per heavy atom. The molecule has 14 heavy (non-hydrogen) atoms. The molecule has 84 valence electrons. The van der Waals surface area contributed by atoms with Crippen LogP contribution >= 0.6 is 0 Å². The second-order valence-corrected chi connectivity index (χ2v) is 4.04. The van der Waals surface area contributed by atoms with Gasteiger partial charge in [0, 0.05) is 6.61 Å². The SMILES string of the molecule is CC(C)CC(C)OCCC(N)C(=O)O. The van der Waals surface area contributed by atoms with E-state index in [9.17, 15) is 4.79 Å². The van der Waals surface area contributed by atoms with Gasteiger partial charge in [-0.25, -0.2) is 0 Å². The van der Waals surface area contributed by atoms with Gasteiger partial charge in [-0.05, 0) is 25.7 Å². The average Bonchev–Trinajstić information content (AvgIpc) is 2.02. The Morgan fingerprint density at radius 1 is 1.43 bits per heavy atom. The second kappa shape index (κ2) is 6.79. The van der Waals surface area contributed by atoms with Gasteiger partial charge in [0.15, 0.2) is 0 Å². The van der Waals surface area contributed by atoms with E-state index in [0.29, 0.717) is 18.9 Å². The molecule has 2 atom stereocenters. The lowest BCUT2D eigenvalue weighted by molar-refractivity contribution is -0.139. The van der Waals surface area contributed by atoms with Crippen LogP contribution in [0.4, 0.5) is 0 Å². The molecule has 0 aromatic rings. The molecule has 0 aromatic carbocycles. The third-order valence-corrected chi connectivity index (χ3v) is 1.95. The van der Waals surface area contributed by atoms with Gasteiger partial charge in [-0.3, -0.25) is 4.79 Å². The van der Waals surface area contributed by atoms with Crippen LogP contribution in [-0.2, 0) is 9.53 Å². The molecule has 0 bridgehead atoms. The Morgan fingerprint density at radius 2 is 2.00 bits per heavy atom. The highest BCUT2D eigenvalue weighted by Gasteiger charge is 2.12. The fourth-order valence-electron chi connectivity index (χ4n) is 1.25. The molecule has 0 heterocycles. The molecular weight excluding hydrogens is 182 g/mol. The standard InChI is InChI=1S/C10H21NO3/c1-7(2)6-8(3)14-5-4-9(11)10(12)13/h7-9H,4-6,11H2,1-3H3,(H,12,13). The lowest BCUT2D eigenvalue weighted by Gasteiger charge is -2.15. The predicted octanol–water partition coefficient (Wildman–Crippen LogP) is 1.24.